The second-order valence-electron chi connectivity index (χ2n) is 7.86. The number of ether oxygens (including phenoxy) is 2. The third-order valence-electron chi connectivity index (χ3n) is 5.57. The van der Waals surface area contributed by atoms with Crippen molar-refractivity contribution in [2.75, 3.05) is 54.0 Å². The minimum absolute atomic E-state index is 0.163. The molecule has 0 aromatic heterocycles. The zero-order chi connectivity index (χ0) is 21.3. The molecule has 0 atom stereocenters. The topological polar surface area (TPSA) is 78.4 Å². The van der Waals surface area contributed by atoms with Crippen molar-refractivity contribution in [3.8, 4) is 11.5 Å². The molecule has 30 heavy (non-hydrogen) atoms. The molecule has 2 fully saturated rings. The van der Waals surface area contributed by atoms with Crippen molar-refractivity contribution in [1.82, 2.24) is 20.4 Å². The van der Waals surface area contributed by atoms with Crippen molar-refractivity contribution < 1.29 is 14.3 Å². The van der Waals surface area contributed by atoms with E-state index in [9.17, 15) is 4.79 Å². The van der Waals surface area contributed by atoms with Crippen LogP contribution in [0.2, 0.25) is 0 Å². The summed E-state index contributed by atoms with van der Waals surface area (Å²) in [7, 11) is 5.20. The quantitative estimate of drug-likeness (QED) is 0.360. The second kappa shape index (κ2) is 11.1. The van der Waals surface area contributed by atoms with E-state index >= 15 is 0 Å². The zero-order valence-corrected chi connectivity index (χ0v) is 18.4. The van der Waals surface area contributed by atoms with E-state index in [-0.39, 0.29) is 5.91 Å². The molecule has 1 aliphatic heterocycles. The van der Waals surface area contributed by atoms with Gasteiger partial charge in [0.1, 0.15) is 11.5 Å². The van der Waals surface area contributed by atoms with Gasteiger partial charge in [0.15, 0.2) is 5.96 Å². The zero-order valence-electron chi connectivity index (χ0n) is 18.4. The number of aliphatic imine (C=N–C) groups is 1. The summed E-state index contributed by atoms with van der Waals surface area (Å²) >= 11 is 0. The van der Waals surface area contributed by atoms with Gasteiger partial charge in [-0.1, -0.05) is 0 Å². The Labute approximate surface area is 179 Å². The number of hydrogen-bond donors (Lipinski definition) is 2. The van der Waals surface area contributed by atoms with E-state index in [0.29, 0.717) is 12.5 Å². The number of nitrogens with zero attached hydrogens (tertiary/aromatic N) is 3. The van der Waals surface area contributed by atoms with E-state index in [1.807, 2.05) is 25.2 Å². The van der Waals surface area contributed by atoms with Gasteiger partial charge in [0.05, 0.1) is 14.2 Å². The Morgan fingerprint density at radius 3 is 2.57 bits per heavy atom. The lowest BCUT2D eigenvalue weighted by Gasteiger charge is -2.36. The smallest absolute Gasteiger partial charge is 0.220 e. The Kier molecular flexibility index (Phi) is 8.19. The summed E-state index contributed by atoms with van der Waals surface area (Å²) in [4.78, 5) is 20.9. The molecule has 1 heterocycles. The van der Waals surface area contributed by atoms with Gasteiger partial charge >= 0.3 is 0 Å². The van der Waals surface area contributed by atoms with Crippen LogP contribution in [-0.4, -0.2) is 81.7 Å². The van der Waals surface area contributed by atoms with Gasteiger partial charge in [-0.25, -0.2) is 0 Å². The summed E-state index contributed by atoms with van der Waals surface area (Å²) in [6.45, 7) is 5.31. The van der Waals surface area contributed by atoms with Crippen LogP contribution in [0.5, 0.6) is 11.5 Å². The van der Waals surface area contributed by atoms with Crippen LogP contribution in [0.15, 0.2) is 23.2 Å². The van der Waals surface area contributed by atoms with Gasteiger partial charge in [-0.05, 0) is 37.5 Å². The average Bonchev–Trinajstić information content (AvgIpc) is 3.58. The van der Waals surface area contributed by atoms with E-state index < -0.39 is 0 Å². The lowest BCUT2D eigenvalue weighted by atomic mass is 10.1. The van der Waals surface area contributed by atoms with Crippen LogP contribution < -0.4 is 20.1 Å². The molecule has 8 nitrogen and oxygen atoms in total. The maximum atomic E-state index is 11.8. The number of carbonyl (C=O) groups excluding carboxylic acids is 1. The third-order valence-corrected chi connectivity index (χ3v) is 5.57. The first-order valence-corrected chi connectivity index (χ1v) is 10.8. The van der Waals surface area contributed by atoms with Crippen molar-refractivity contribution in [1.29, 1.82) is 0 Å². The first-order chi connectivity index (χ1) is 14.6. The fourth-order valence-electron chi connectivity index (χ4n) is 3.67. The van der Waals surface area contributed by atoms with Crippen molar-refractivity contribution in [3.05, 3.63) is 23.8 Å². The minimum atomic E-state index is 0.163. The van der Waals surface area contributed by atoms with Gasteiger partial charge in [0, 0.05) is 64.3 Å². The van der Waals surface area contributed by atoms with Gasteiger partial charge < -0.3 is 25.0 Å². The van der Waals surface area contributed by atoms with Gasteiger partial charge in [0.2, 0.25) is 5.91 Å². The summed E-state index contributed by atoms with van der Waals surface area (Å²) in [5.74, 6) is 2.81. The second-order valence-corrected chi connectivity index (χ2v) is 7.86. The highest BCUT2D eigenvalue weighted by Gasteiger charge is 2.23. The van der Waals surface area contributed by atoms with Gasteiger partial charge in [-0.2, -0.15) is 0 Å². The van der Waals surface area contributed by atoms with Crippen LogP contribution in [0.25, 0.3) is 0 Å². The molecular weight excluding hydrogens is 382 g/mol. The summed E-state index contributed by atoms with van der Waals surface area (Å²) in [6.07, 6.45) is 3.64. The molecule has 0 spiro atoms. The standard InChI is InChI=1S/C22H35N5O3/c1-23-22(24-10-4-5-21(28)25-18-6-7-18)27-13-11-26(12-14-27)16-17-15-19(29-2)8-9-20(17)30-3/h8-9,15,18H,4-7,10-14,16H2,1-3H3,(H,23,24)(H,25,28). The average molecular weight is 418 g/mol. The Morgan fingerprint density at radius 1 is 1.17 bits per heavy atom. The molecule has 0 bridgehead atoms. The highest BCUT2D eigenvalue weighted by molar-refractivity contribution is 5.80. The van der Waals surface area contributed by atoms with Crippen LogP contribution in [0.4, 0.5) is 0 Å². The van der Waals surface area contributed by atoms with Crippen molar-refractivity contribution >= 4 is 11.9 Å². The van der Waals surface area contributed by atoms with Crippen molar-refractivity contribution in [3.63, 3.8) is 0 Å². The van der Waals surface area contributed by atoms with Gasteiger partial charge in [-0.15, -0.1) is 0 Å². The maximum Gasteiger partial charge on any atom is 0.220 e. The van der Waals surface area contributed by atoms with Crippen molar-refractivity contribution in [2.45, 2.75) is 38.3 Å². The lowest BCUT2D eigenvalue weighted by molar-refractivity contribution is -0.121. The van der Waals surface area contributed by atoms with E-state index in [1.54, 1.807) is 14.2 Å². The number of rotatable bonds is 9. The number of piperazine rings is 1. The molecule has 1 saturated heterocycles. The molecule has 166 valence electrons. The molecule has 1 aliphatic carbocycles. The molecule has 2 aliphatic rings. The molecule has 1 amide bonds. The van der Waals surface area contributed by atoms with Gasteiger partial charge in [0.25, 0.3) is 0 Å². The Morgan fingerprint density at radius 2 is 1.93 bits per heavy atom. The molecule has 1 aromatic rings. The number of nitrogens with one attached hydrogen (secondary N) is 2. The summed E-state index contributed by atoms with van der Waals surface area (Å²) in [6, 6.07) is 6.36. The van der Waals surface area contributed by atoms with Crippen molar-refractivity contribution in [2.24, 2.45) is 4.99 Å². The van der Waals surface area contributed by atoms with Crippen LogP contribution in [0.3, 0.4) is 0 Å². The fourth-order valence-corrected chi connectivity index (χ4v) is 3.67. The Balaban J connectivity index is 1.40. The molecule has 1 saturated carbocycles. The Bertz CT molecular complexity index is 727. The molecular formula is C22H35N5O3. The van der Waals surface area contributed by atoms with E-state index in [4.69, 9.17) is 9.47 Å². The molecule has 3 rings (SSSR count). The number of amides is 1. The van der Waals surface area contributed by atoms with Crippen LogP contribution in [-0.2, 0) is 11.3 Å². The molecule has 8 heteroatoms. The van der Waals surface area contributed by atoms with Crippen LogP contribution in [0, 0.1) is 0 Å². The molecule has 0 unspecified atom stereocenters. The van der Waals surface area contributed by atoms with E-state index in [0.717, 1.165) is 81.6 Å². The number of methoxy groups -OCH3 is 2. The highest BCUT2D eigenvalue weighted by atomic mass is 16.5. The minimum Gasteiger partial charge on any atom is -0.497 e. The largest absolute Gasteiger partial charge is 0.497 e. The first kappa shape index (κ1) is 22.2. The Hall–Kier alpha value is -2.48. The van der Waals surface area contributed by atoms with Crippen LogP contribution >= 0.6 is 0 Å². The normalized spacial score (nSPS) is 17.6. The van der Waals surface area contributed by atoms with E-state index in [2.05, 4.69) is 25.4 Å². The molecule has 0 radical (unpaired) electrons. The number of carbonyl (C=O) groups is 1. The predicted molar refractivity (Wildman–Crippen MR) is 118 cm³/mol. The fraction of sp³-hybridized carbons (Fsp3) is 0.636. The summed E-state index contributed by atoms with van der Waals surface area (Å²) in [5.41, 5.74) is 1.14. The molecule has 2 N–H and O–H groups in total. The lowest BCUT2D eigenvalue weighted by Crippen LogP contribution is -2.52. The maximum absolute atomic E-state index is 11.8. The van der Waals surface area contributed by atoms with E-state index in [1.165, 1.54) is 0 Å². The first-order valence-electron chi connectivity index (χ1n) is 10.8. The number of benzene rings is 1. The van der Waals surface area contributed by atoms with Gasteiger partial charge in [-0.3, -0.25) is 14.7 Å². The highest BCUT2D eigenvalue weighted by Crippen LogP contribution is 2.25. The monoisotopic (exact) mass is 417 g/mol. The third kappa shape index (κ3) is 6.52. The predicted octanol–water partition coefficient (Wildman–Crippen LogP) is 1.46. The summed E-state index contributed by atoms with van der Waals surface area (Å²) in [5, 5.41) is 6.43. The van der Waals surface area contributed by atoms with Crippen LogP contribution in [0.1, 0.15) is 31.2 Å². The SMILES string of the molecule is CN=C(NCCCC(=O)NC1CC1)N1CCN(Cc2cc(OC)ccc2OC)CC1. The number of hydrogen-bond acceptors (Lipinski definition) is 5. The number of guanidine groups is 1. The molecule has 1 aromatic carbocycles. The summed E-state index contributed by atoms with van der Waals surface area (Å²) < 4.78 is 10.9.